The van der Waals surface area contributed by atoms with Crippen LogP contribution in [0.25, 0.3) is 0 Å². The van der Waals surface area contributed by atoms with Gasteiger partial charge in [-0.3, -0.25) is 15.1 Å². The average Bonchev–Trinajstić information content (AvgIpc) is 3.15. The predicted molar refractivity (Wildman–Crippen MR) is 90.5 cm³/mol. The Balaban J connectivity index is 1.49. The lowest BCUT2D eigenvalue weighted by Crippen LogP contribution is -3.15. The van der Waals surface area contributed by atoms with Gasteiger partial charge in [0.1, 0.15) is 12.2 Å². The minimum absolute atomic E-state index is 0.183. The highest BCUT2D eigenvalue weighted by Crippen LogP contribution is 2.19. The first-order valence-corrected chi connectivity index (χ1v) is 9.56. The van der Waals surface area contributed by atoms with E-state index in [2.05, 4.69) is 49.0 Å². The van der Waals surface area contributed by atoms with Crippen LogP contribution in [0.15, 0.2) is 0 Å². The molecule has 6 nitrogen and oxygen atoms in total. The van der Waals surface area contributed by atoms with Crippen LogP contribution in [-0.4, -0.2) is 63.2 Å². The molecule has 0 amide bonds. The van der Waals surface area contributed by atoms with Gasteiger partial charge in [0, 0.05) is 31.1 Å². The lowest BCUT2D eigenvalue weighted by Gasteiger charge is -2.33. The molecule has 6 heteroatoms. The highest BCUT2D eigenvalue weighted by Gasteiger charge is 2.43. The first-order valence-electron chi connectivity index (χ1n) is 9.56. The van der Waals surface area contributed by atoms with E-state index in [0.29, 0.717) is 24.3 Å². The lowest BCUT2D eigenvalue weighted by molar-refractivity contribution is -0.919. The van der Waals surface area contributed by atoms with Crippen molar-refractivity contribution in [1.82, 2.24) is 15.7 Å². The van der Waals surface area contributed by atoms with Gasteiger partial charge >= 0.3 is 0 Å². The molecule has 3 aliphatic rings. The number of hydrogen-bond acceptors (Lipinski definition) is 4. The van der Waals surface area contributed by atoms with E-state index >= 15 is 0 Å². The number of nitrogens with two attached hydrogens (primary N) is 1. The van der Waals surface area contributed by atoms with Crippen molar-refractivity contribution in [3.05, 3.63) is 0 Å². The third kappa shape index (κ3) is 4.24. The van der Waals surface area contributed by atoms with E-state index < -0.39 is 0 Å². The minimum Gasteiger partial charge on any atom is -0.331 e. The summed E-state index contributed by atoms with van der Waals surface area (Å²) in [6.07, 6.45) is 6.30. The van der Waals surface area contributed by atoms with E-state index in [1.54, 1.807) is 4.90 Å². The van der Waals surface area contributed by atoms with Crippen molar-refractivity contribution < 1.29 is 15.1 Å². The average molecular weight is 328 g/mol. The minimum atomic E-state index is 0.183. The molecule has 3 heterocycles. The molecule has 3 fully saturated rings. The highest BCUT2D eigenvalue weighted by atomic mass is 16.7. The molecule has 0 aromatic heterocycles. The zero-order valence-corrected chi connectivity index (χ0v) is 15.3. The van der Waals surface area contributed by atoms with Gasteiger partial charge in [0.2, 0.25) is 0 Å². The van der Waals surface area contributed by atoms with Crippen LogP contribution in [0.4, 0.5) is 0 Å². The summed E-state index contributed by atoms with van der Waals surface area (Å²) in [5.74, 6) is 1.41. The maximum atomic E-state index is 5.98. The molecule has 0 radical (unpaired) electrons. The van der Waals surface area contributed by atoms with Gasteiger partial charge in [0.05, 0.1) is 25.8 Å². The largest absolute Gasteiger partial charge is 0.331 e. The van der Waals surface area contributed by atoms with Crippen molar-refractivity contribution in [2.45, 2.75) is 64.1 Å². The molecule has 23 heavy (non-hydrogen) atoms. The topological polar surface area (TPSA) is 57.6 Å². The number of nitrogens with zero attached hydrogens (tertiary/aromatic N) is 1. The Morgan fingerprint density at radius 3 is 2.74 bits per heavy atom. The van der Waals surface area contributed by atoms with Gasteiger partial charge in [-0.05, 0) is 20.5 Å². The second-order valence-electron chi connectivity index (χ2n) is 8.40. The molecule has 3 rings (SSSR count). The van der Waals surface area contributed by atoms with Crippen LogP contribution < -0.4 is 21.0 Å². The van der Waals surface area contributed by atoms with Crippen LogP contribution in [0.3, 0.4) is 0 Å². The second-order valence-corrected chi connectivity index (χ2v) is 8.40. The summed E-state index contributed by atoms with van der Waals surface area (Å²) >= 11 is 0. The molecule has 5 N–H and O–H groups in total. The van der Waals surface area contributed by atoms with Crippen molar-refractivity contribution in [3.8, 4) is 0 Å². The summed E-state index contributed by atoms with van der Waals surface area (Å²) in [5, 5.41) is 6.24. The Hall–Kier alpha value is -0.240. The lowest BCUT2D eigenvalue weighted by atomic mass is 9.94. The highest BCUT2D eigenvalue weighted by molar-refractivity contribution is 4.83. The fourth-order valence-electron chi connectivity index (χ4n) is 4.63. The van der Waals surface area contributed by atoms with Crippen molar-refractivity contribution in [2.75, 3.05) is 33.7 Å². The summed E-state index contributed by atoms with van der Waals surface area (Å²) < 4.78 is 0. The Morgan fingerprint density at radius 1 is 1.26 bits per heavy atom. The van der Waals surface area contributed by atoms with Gasteiger partial charge in [0.15, 0.2) is 6.23 Å². The molecule has 0 saturated carbocycles. The maximum Gasteiger partial charge on any atom is 0.183 e. The molecule has 0 spiro atoms. The molecular formula is C17H37N5O+2. The first kappa shape index (κ1) is 17.6. The third-order valence-electron chi connectivity index (χ3n) is 5.92. The number of piperidine rings is 1. The summed E-state index contributed by atoms with van der Waals surface area (Å²) in [7, 11) is 4.36. The Bertz CT molecular complexity index is 370. The Kier molecular flexibility index (Phi) is 5.93. The fraction of sp³-hybridized carbons (Fsp3) is 1.00. The summed E-state index contributed by atoms with van der Waals surface area (Å²) in [6, 6.07) is 0.608. The molecule has 0 aliphatic carbocycles. The van der Waals surface area contributed by atoms with Crippen LogP contribution >= 0.6 is 0 Å². The normalized spacial score (nSPS) is 42.0. The quantitative estimate of drug-likeness (QED) is 0.488. The summed E-state index contributed by atoms with van der Waals surface area (Å²) in [5.41, 5.74) is 3.31. The monoisotopic (exact) mass is 327 g/mol. The van der Waals surface area contributed by atoms with Crippen LogP contribution in [0, 0.1) is 11.8 Å². The number of likely N-dealkylation sites (tertiary alicyclic amines) is 1. The van der Waals surface area contributed by atoms with Crippen molar-refractivity contribution in [2.24, 2.45) is 11.8 Å². The number of rotatable bonds is 5. The molecular weight excluding hydrogens is 290 g/mol. The molecule has 6 atom stereocenters. The zero-order valence-electron chi connectivity index (χ0n) is 15.3. The predicted octanol–water partition coefficient (Wildman–Crippen LogP) is -1.67. The SMILES string of the molecule is CC(C)C[NH+]1CCC[C@H]1C1NC(C2CCC(N(C)C)[NH2+]C2)NO1. The Morgan fingerprint density at radius 2 is 2.09 bits per heavy atom. The van der Waals surface area contributed by atoms with Crippen molar-refractivity contribution >= 4 is 0 Å². The van der Waals surface area contributed by atoms with Gasteiger partial charge in [-0.1, -0.05) is 13.8 Å². The van der Waals surface area contributed by atoms with Crippen LogP contribution in [0.1, 0.15) is 39.5 Å². The van der Waals surface area contributed by atoms with Crippen molar-refractivity contribution in [1.29, 1.82) is 0 Å². The molecule has 0 aromatic rings. The van der Waals surface area contributed by atoms with E-state index in [1.807, 2.05) is 0 Å². The van der Waals surface area contributed by atoms with Crippen LogP contribution in [0.5, 0.6) is 0 Å². The molecule has 134 valence electrons. The smallest absolute Gasteiger partial charge is 0.183 e. The van der Waals surface area contributed by atoms with E-state index in [-0.39, 0.29) is 6.23 Å². The van der Waals surface area contributed by atoms with Crippen LogP contribution in [-0.2, 0) is 4.84 Å². The molecule has 0 bridgehead atoms. The maximum absolute atomic E-state index is 5.98. The molecule has 5 unspecified atom stereocenters. The van der Waals surface area contributed by atoms with Gasteiger partial charge in [-0.15, -0.1) is 0 Å². The van der Waals surface area contributed by atoms with Gasteiger partial charge < -0.3 is 10.2 Å². The van der Waals surface area contributed by atoms with Gasteiger partial charge in [-0.25, -0.2) is 0 Å². The van der Waals surface area contributed by atoms with E-state index in [1.165, 1.54) is 45.3 Å². The summed E-state index contributed by atoms with van der Waals surface area (Å²) in [6.45, 7) is 8.39. The molecule has 3 aliphatic heterocycles. The number of hydrogen-bond donors (Lipinski definition) is 4. The van der Waals surface area contributed by atoms with Gasteiger partial charge in [0.25, 0.3) is 0 Å². The first-order chi connectivity index (χ1) is 11.0. The second kappa shape index (κ2) is 7.76. The Labute approximate surface area is 141 Å². The van der Waals surface area contributed by atoms with E-state index in [4.69, 9.17) is 4.84 Å². The van der Waals surface area contributed by atoms with Crippen molar-refractivity contribution in [3.63, 3.8) is 0 Å². The standard InChI is InChI=1S/C17H35N5O/c1-12(2)11-22-9-5-6-14(22)17-19-16(20-23-17)13-7-8-15(18-10-13)21(3)4/h12-20H,5-11H2,1-4H3/p+2/t13?,14-,15?,16?,17?/m0/s1. The van der Waals surface area contributed by atoms with Gasteiger partial charge in [-0.2, -0.15) is 5.48 Å². The fourth-order valence-corrected chi connectivity index (χ4v) is 4.63. The molecule has 0 aromatic carbocycles. The number of hydroxylamine groups is 1. The zero-order chi connectivity index (χ0) is 16.4. The number of nitrogens with one attached hydrogen (secondary N) is 3. The van der Waals surface area contributed by atoms with E-state index in [9.17, 15) is 0 Å². The summed E-state index contributed by atoms with van der Waals surface area (Å²) in [4.78, 5) is 10.0. The molecule has 3 saturated heterocycles. The number of quaternary nitrogens is 2. The van der Waals surface area contributed by atoms with Crippen LogP contribution in [0.2, 0.25) is 0 Å². The van der Waals surface area contributed by atoms with E-state index in [0.717, 1.165) is 5.92 Å². The third-order valence-corrected chi connectivity index (χ3v) is 5.92.